The fourth-order valence-electron chi connectivity index (χ4n) is 2.68. The summed E-state index contributed by atoms with van der Waals surface area (Å²) in [5.74, 6) is -0.213. The van der Waals surface area contributed by atoms with Gasteiger partial charge in [-0.15, -0.1) is 0 Å². The second-order valence-electron chi connectivity index (χ2n) is 5.33. The van der Waals surface area contributed by atoms with Crippen molar-refractivity contribution in [1.82, 2.24) is 9.88 Å². The van der Waals surface area contributed by atoms with Gasteiger partial charge in [-0.25, -0.2) is 4.39 Å². The number of rotatable bonds is 6. The smallest absolute Gasteiger partial charge is 0.123 e. The molecule has 0 bridgehead atoms. The van der Waals surface area contributed by atoms with Crippen LogP contribution in [0.4, 0.5) is 4.39 Å². The van der Waals surface area contributed by atoms with Gasteiger partial charge >= 0.3 is 0 Å². The van der Waals surface area contributed by atoms with Crippen molar-refractivity contribution < 1.29 is 9.50 Å². The molecule has 0 saturated carbocycles. The highest BCUT2D eigenvalue weighted by Gasteiger charge is 2.08. The van der Waals surface area contributed by atoms with E-state index >= 15 is 0 Å². The molecule has 22 heavy (non-hydrogen) atoms. The molecule has 1 heterocycles. The number of aliphatic hydroxyl groups is 1. The highest BCUT2D eigenvalue weighted by atomic mass is 19.1. The maximum absolute atomic E-state index is 13.0. The first-order chi connectivity index (χ1) is 10.8. The lowest BCUT2D eigenvalue weighted by molar-refractivity contribution is 0.292. The third-order valence-electron chi connectivity index (χ3n) is 3.74. The summed E-state index contributed by atoms with van der Waals surface area (Å²) >= 11 is 0. The van der Waals surface area contributed by atoms with Crippen molar-refractivity contribution in [3.05, 3.63) is 71.7 Å². The molecule has 0 saturated heterocycles. The Balaban J connectivity index is 1.90. The SMILES string of the molecule is OCCNCc1cn(Cc2ccc(F)cc2)c2ccccc12. The summed E-state index contributed by atoms with van der Waals surface area (Å²) in [4.78, 5) is 0. The number of benzene rings is 2. The number of para-hydroxylation sites is 1. The molecular weight excluding hydrogens is 279 g/mol. The van der Waals surface area contributed by atoms with Crippen LogP contribution in [0.5, 0.6) is 0 Å². The van der Waals surface area contributed by atoms with Crippen LogP contribution in [0.25, 0.3) is 10.9 Å². The normalized spacial score (nSPS) is 11.2. The van der Waals surface area contributed by atoms with Gasteiger partial charge in [0, 0.05) is 36.7 Å². The zero-order valence-electron chi connectivity index (χ0n) is 12.3. The van der Waals surface area contributed by atoms with Crippen LogP contribution in [0.15, 0.2) is 54.7 Å². The maximum atomic E-state index is 13.0. The van der Waals surface area contributed by atoms with Crippen LogP contribution in [0.2, 0.25) is 0 Å². The second kappa shape index (κ2) is 6.73. The minimum atomic E-state index is -0.213. The quantitative estimate of drug-likeness (QED) is 0.687. The van der Waals surface area contributed by atoms with E-state index in [9.17, 15) is 4.39 Å². The monoisotopic (exact) mass is 298 g/mol. The molecule has 114 valence electrons. The van der Waals surface area contributed by atoms with E-state index in [1.54, 1.807) is 0 Å². The fraction of sp³-hybridized carbons (Fsp3) is 0.222. The van der Waals surface area contributed by atoms with Gasteiger partial charge in [-0.05, 0) is 29.3 Å². The predicted octanol–water partition coefficient (Wildman–Crippen LogP) is 2.91. The van der Waals surface area contributed by atoms with Gasteiger partial charge in [0.2, 0.25) is 0 Å². The molecule has 0 fully saturated rings. The van der Waals surface area contributed by atoms with Gasteiger partial charge in [0.1, 0.15) is 5.82 Å². The lowest BCUT2D eigenvalue weighted by atomic mass is 10.2. The Kier molecular flexibility index (Phi) is 4.51. The fourth-order valence-corrected chi connectivity index (χ4v) is 2.68. The van der Waals surface area contributed by atoms with Crippen molar-refractivity contribution in [2.24, 2.45) is 0 Å². The van der Waals surface area contributed by atoms with Crippen LogP contribution in [0, 0.1) is 5.82 Å². The summed E-state index contributed by atoms with van der Waals surface area (Å²) in [6.07, 6.45) is 2.12. The van der Waals surface area contributed by atoms with E-state index < -0.39 is 0 Å². The van der Waals surface area contributed by atoms with Crippen LogP contribution in [-0.2, 0) is 13.1 Å². The van der Waals surface area contributed by atoms with E-state index in [0.717, 1.165) is 17.6 Å². The van der Waals surface area contributed by atoms with E-state index in [-0.39, 0.29) is 12.4 Å². The minimum Gasteiger partial charge on any atom is -0.395 e. The number of nitrogens with one attached hydrogen (secondary N) is 1. The first-order valence-electron chi connectivity index (χ1n) is 7.40. The molecule has 2 N–H and O–H groups in total. The Morgan fingerprint density at radius 2 is 1.82 bits per heavy atom. The number of aromatic nitrogens is 1. The van der Waals surface area contributed by atoms with Crippen LogP contribution < -0.4 is 5.32 Å². The van der Waals surface area contributed by atoms with Gasteiger partial charge in [0.25, 0.3) is 0 Å². The van der Waals surface area contributed by atoms with Crippen molar-refractivity contribution >= 4 is 10.9 Å². The number of hydrogen-bond donors (Lipinski definition) is 2. The Labute approximate surface area is 129 Å². The molecule has 0 amide bonds. The first kappa shape index (κ1) is 14.8. The van der Waals surface area contributed by atoms with Crippen LogP contribution in [0.1, 0.15) is 11.1 Å². The van der Waals surface area contributed by atoms with E-state index in [1.807, 2.05) is 24.3 Å². The Hall–Kier alpha value is -2.17. The van der Waals surface area contributed by atoms with E-state index in [1.165, 1.54) is 23.1 Å². The van der Waals surface area contributed by atoms with Crippen molar-refractivity contribution in [2.75, 3.05) is 13.2 Å². The van der Waals surface area contributed by atoms with Crippen LogP contribution in [0.3, 0.4) is 0 Å². The molecule has 1 aromatic heterocycles. The third-order valence-corrected chi connectivity index (χ3v) is 3.74. The highest BCUT2D eigenvalue weighted by Crippen LogP contribution is 2.22. The average Bonchev–Trinajstić information content (AvgIpc) is 2.88. The summed E-state index contributed by atoms with van der Waals surface area (Å²) in [7, 11) is 0. The van der Waals surface area contributed by atoms with E-state index in [4.69, 9.17) is 5.11 Å². The lowest BCUT2D eigenvalue weighted by Gasteiger charge is -2.05. The zero-order valence-corrected chi connectivity index (χ0v) is 12.3. The van der Waals surface area contributed by atoms with E-state index in [0.29, 0.717) is 13.1 Å². The molecule has 0 aliphatic heterocycles. The van der Waals surface area contributed by atoms with Gasteiger partial charge in [0.05, 0.1) is 6.61 Å². The molecule has 4 heteroatoms. The van der Waals surface area contributed by atoms with Crippen LogP contribution in [-0.4, -0.2) is 22.8 Å². The van der Waals surface area contributed by atoms with Crippen molar-refractivity contribution in [1.29, 1.82) is 0 Å². The Morgan fingerprint density at radius 3 is 2.59 bits per heavy atom. The number of halogens is 1. The second-order valence-corrected chi connectivity index (χ2v) is 5.33. The highest BCUT2D eigenvalue weighted by molar-refractivity contribution is 5.84. The van der Waals surface area contributed by atoms with Gasteiger partial charge < -0.3 is 15.0 Å². The first-order valence-corrected chi connectivity index (χ1v) is 7.40. The predicted molar refractivity (Wildman–Crippen MR) is 86.2 cm³/mol. The van der Waals surface area contributed by atoms with Gasteiger partial charge in [-0.1, -0.05) is 30.3 Å². The molecule has 0 unspecified atom stereocenters. The third kappa shape index (κ3) is 3.18. The van der Waals surface area contributed by atoms with Crippen molar-refractivity contribution in [2.45, 2.75) is 13.1 Å². The molecular formula is C18H19FN2O. The minimum absolute atomic E-state index is 0.133. The number of aliphatic hydroxyl groups excluding tert-OH is 1. The number of hydrogen-bond acceptors (Lipinski definition) is 2. The Bertz CT molecular complexity index is 749. The molecule has 0 radical (unpaired) electrons. The maximum Gasteiger partial charge on any atom is 0.123 e. The van der Waals surface area contributed by atoms with Crippen molar-refractivity contribution in [3.8, 4) is 0 Å². The average molecular weight is 298 g/mol. The standard InChI is InChI=1S/C18H19FN2O/c19-16-7-5-14(6-8-16)12-21-13-15(11-20-9-10-22)17-3-1-2-4-18(17)21/h1-8,13,20,22H,9-12H2. The van der Waals surface area contributed by atoms with E-state index in [2.05, 4.69) is 28.2 Å². The zero-order chi connectivity index (χ0) is 15.4. The van der Waals surface area contributed by atoms with Gasteiger partial charge in [-0.3, -0.25) is 0 Å². The molecule has 3 rings (SSSR count). The molecule has 0 aliphatic carbocycles. The van der Waals surface area contributed by atoms with Crippen LogP contribution >= 0.6 is 0 Å². The van der Waals surface area contributed by atoms with Gasteiger partial charge in [0.15, 0.2) is 0 Å². The Morgan fingerprint density at radius 1 is 1.05 bits per heavy atom. The summed E-state index contributed by atoms with van der Waals surface area (Å²) in [5, 5.41) is 13.3. The molecule has 0 atom stereocenters. The topological polar surface area (TPSA) is 37.2 Å². The lowest BCUT2D eigenvalue weighted by Crippen LogP contribution is -2.17. The summed E-state index contributed by atoms with van der Waals surface area (Å²) in [5.41, 5.74) is 3.43. The molecule has 3 aromatic rings. The molecule has 0 aliphatic rings. The van der Waals surface area contributed by atoms with Gasteiger partial charge in [-0.2, -0.15) is 0 Å². The largest absolute Gasteiger partial charge is 0.395 e. The molecule has 3 nitrogen and oxygen atoms in total. The molecule has 2 aromatic carbocycles. The summed E-state index contributed by atoms with van der Waals surface area (Å²) < 4.78 is 15.2. The number of nitrogens with zero attached hydrogens (tertiary/aromatic N) is 1. The number of fused-ring (bicyclic) bond motifs is 1. The summed E-state index contributed by atoms with van der Waals surface area (Å²) in [6.45, 7) is 2.14. The van der Waals surface area contributed by atoms with Crippen molar-refractivity contribution in [3.63, 3.8) is 0 Å². The molecule has 0 spiro atoms. The summed E-state index contributed by atoms with van der Waals surface area (Å²) in [6, 6.07) is 14.9.